The van der Waals surface area contributed by atoms with Crippen LogP contribution < -0.4 is 0 Å². The molecule has 1 N–H and O–H groups in total. The van der Waals surface area contributed by atoms with Crippen molar-refractivity contribution in [2.75, 3.05) is 18.9 Å². The number of hydrogen-bond donors (Lipinski definition) is 1. The standard InChI is InChI=1S/C14H18ClNO2S/c15-12-5-3-11(4-6-12)9-19-10-14(18)16-7-1-2-13(16)8-17/h3-6,13,17H,1-2,7-10H2. The largest absolute Gasteiger partial charge is 0.394 e. The Bertz CT molecular complexity index is 424. The Labute approximate surface area is 122 Å². The molecule has 19 heavy (non-hydrogen) atoms. The predicted molar refractivity (Wildman–Crippen MR) is 79.4 cm³/mol. The molecule has 0 aromatic heterocycles. The summed E-state index contributed by atoms with van der Waals surface area (Å²) in [5, 5.41) is 9.93. The van der Waals surface area contributed by atoms with E-state index in [-0.39, 0.29) is 18.6 Å². The first-order valence-corrected chi connectivity index (χ1v) is 7.96. The first kappa shape index (κ1) is 14.7. The molecule has 1 heterocycles. The van der Waals surface area contributed by atoms with Gasteiger partial charge >= 0.3 is 0 Å². The topological polar surface area (TPSA) is 40.5 Å². The Kier molecular flexibility index (Phi) is 5.55. The molecular formula is C14H18ClNO2S. The number of nitrogens with zero attached hydrogens (tertiary/aromatic N) is 1. The van der Waals surface area contributed by atoms with E-state index in [4.69, 9.17) is 11.6 Å². The lowest BCUT2D eigenvalue weighted by molar-refractivity contribution is -0.129. The molecule has 0 spiro atoms. The third kappa shape index (κ3) is 4.13. The van der Waals surface area contributed by atoms with Crippen molar-refractivity contribution in [1.82, 2.24) is 4.90 Å². The van der Waals surface area contributed by atoms with Crippen LogP contribution in [0.25, 0.3) is 0 Å². The summed E-state index contributed by atoms with van der Waals surface area (Å²) < 4.78 is 0. The van der Waals surface area contributed by atoms with E-state index in [0.717, 1.165) is 30.2 Å². The summed E-state index contributed by atoms with van der Waals surface area (Å²) in [6.07, 6.45) is 1.92. The Morgan fingerprint density at radius 1 is 1.42 bits per heavy atom. The van der Waals surface area contributed by atoms with Crippen LogP contribution >= 0.6 is 23.4 Å². The van der Waals surface area contributed by atoms with Gasteiger partial charge in [0, 0.05) is 17.3 Å². The van der Waals surface area contributed by atoms with Crippen LogP contribution in [-0.4, -0.2) is 40.9 Å². The molecule has 3 nitrogen and oxygen atoms in total. The average Bonchev–Trinajstić information content (AvgIpc) is 2.89. The van der Waals surface area contributed by atoms with Gasteiger partial charge in [0.2, 0.25) is 5.91 Å². The predicted octanol–water partition coefficient (Wildman–Crippen LogP) is 2.56. The van der Waals surface area contributed by atoms with Gasteiger partial charge in [0.25, 0.3) is 0 Å². The van der Waals surface area contributed by atoms with Crippen molar-refractivity contribution in [1.29, 1.82) is 0 Å². The number of likely N-dealkylation sites (tertiary alicyclic amines) is 1. The number of thioether (sulfide) groups is 1. The number of aliphatic hydroxyl groups excluding tert-OH is 1. The molecular weight excluding hydrogens is 282 g/mol. The monoisotopic (exact) mass is 299 g/mol. The second kappa shape index (κ2) is 7.17. The zero-order valence-electron chi connectivity index (χ0n) is 10.7. The second-order valence-corrected chi connectivity index (χ2v) is 6.11. The van der Waals surface area contributed by atoms with Gasteiger partial charge in [-0.2, -0.15) is 0 Å². The number of benzene rings is 1. The maximum Gasteiger partial charge on any atom is 0.232 e. The highest BCUT2D eigenvalue weighted by atomic mass is 35.5. The fraction of sp³-hybridized carbons (Fsp3) is 0.500. The van der Waals surface area contributed by atoms with Crippen LogP contribution in [0, 0.1) is 0 Å². The maximum absolute atomic E-state index is 12.0. The number of rotatable bonds is 5. The van der Waals surface area contributed by atoms with Gasteiger partial charge in [-0.15, -0.1) is 11.8 Å². The van der Waals surface area contributed by atoms with Crippen LogP contribution in [0.3, 0.4) is 0 Å². The molecule has 1 fully saturated rings. The Hall–Kier alpha value is -0.710. The van der Waals surface area contributed by atoms with Crippen molar-refractivity contribution < 1.29 is 9.90 Å². The van der Waals surface area contributed by atoms with Crippen molar-refractivity contribution in [3.63, 3.8) is 0 Å². The number of hydrogen-bond acceptors (Lipinski definition) is 3. The van der Waals surface area contributed by atoms with Gasteiger partial charge in [0.15, 0.2) is 0 Å². The summed E-state index contributed by atoms with van der Waals surface area (Å²) in [7, 11) is 0. The molecule has 2 rings (SSSR count). The van der Waals surface area contributed by atoms with Crippen molar-refractivity contribution in [2.45, 2.75) is 24.6 Å². The molecule has 1 aliphatic rings. The third-order valence-electron chi connectivity index (χ3n) is 3.32. The zero-order chi connectivity index (χ0) is 13.7. The first-order valence-electron chi connectivity index (χ1n) is 6.43. The highest BCUT2D eigenvalue weighted by molar-refractivity contribution is 7.99. The Morgan fingerprint density at radius 2 is 2.16 bits per heavy atom. The summed E-state index contributed by atoms with van der Waals surface area (Å²) in [6.45, 7) is 0.860. The highest BCUT2D eigenvalue weighted by Gasteiger charge is 2.27. The minimum Gasteiger partial charge on any atom is -0.394 e. The van der Waals surface area contributed by atoms with Crippen LogP contribution in [0.4, 0.5) is 0 Å². The van der Waals surface area contributed by atoms with Gasteiger partial charge in [-0.1, -0.05) is 23.7 Å². The van der Waals surface area contributed by atoms with Gasteiger partial charge in [0.05, 0.1) is 18.4 Å². The molecule has 0 bridgehead atoms. The molecule has 1 amide bonds. The lowest BCUT2D eigenvalue weighted by atomic mass is 10.2. The van der Waals surface area contributed by atoms with Gasteiger partial charge in [0.1, 0.15) is 0 Å². The molecule has 104 valence electrons. The first-order chi connectivity index (χ1) is 9.20. The summed E-state index contributed by atoms with van der Waals surface area (Å²) in [5.41, 5.74) is 1.17. The third-order valence-corrected chi connectivity index (χ3v) is 4.56. The van der Waals surface area contributed by atoms with Crippen LogP contribution in [0.2, 0.25) is 5.02 Å². The van der Waals surface area contributed by atoms with Crippen molar-refractivity contribution in [3.05, 3.63) is 34.9 Å². The summed E-state index contributed by atoms with van der Waals surface area (Å²) >= 11 is 7.43. The fourth-order valence-corrected chi connectivity index (χ4v) is 3.27. The number of carbonyl (C=O) groups is 1. The van der Waals surface area contributed by atoms with Gasteiger partial charge < -0.3 is 10.0 Å². The van der Waals surface area contributed by atoms with Gasteiger partial charge in [-0.3, -0.25) is 4.79 Å². The van der Waals surface area contributed by atoms with Gasteiger partial charge in [-0.05, 0) is 30.5 Å². The lowest BCUT2D eigenvalue weighted by Gasteiger charge is -2.22. The van der Waals surface area contributed by atoms with Crippen molar-refractivity contribution >= 4 is 29.3 Å². The Morgan fingerprint density at radius 3 is 2.84 bits per heavy atom. The second-order valence-electron chi connectivity index (χ2n) is 4.69. The molecule has 0 saturated carbocycles. The van der Waals surface area contributed by atoms with E-state index in [9.17, 15) is 9.90 Å². The normalized spacial score (nSPS) is 18.8. The van der Waals surface area contributed by atoms with E-state index in [1.165, 1.54) is 5.56 Å². The quantitative estimate of drug-likeness (QED) is 0.908. The van der Waals surface area contributed by atoms with Crippen LogP contribution in [0.1, 0.15) is 18.4 Å². The smallest absolute Gasteiger partial charge is 0.232 e. The highest BCUT2D eigenvalue weighted by Crippen LogP contribution is 2.20. The number of carbonyl (C=O) groups excluding carboxylic acids is 1. The molecule has 1 aliphatic heterocycles. The van der Waals surface area contributed by atoms with E-state index in [1.54, 1.807) is 11.8 Å². The molecule has 1 saturated heterocycles. The molecule has 1 aromatic rings. The zero-order valence-corrected chi connectivity index (χ0v) is 12.3. The minimum absolute atomic E-state index is 0.0311. The molecule has 1 atom stereocenters. The SMILES string of the molecule is O=C(CSCc1ccc(Cl)cc1)N1CCCC1CO. The van der Waals surface area contributed by atoms with Crippen LogP contribution in [-0.2, 0) is 10.5 Å². The summed E-state index contributed by atoms with van der Waals surface area (Å²) in [6, 6.07) is 7.71. The van der Waals surface area contributed by atoms with E-state index in [2.05, 4.69) is 0 Å². The van der Waals surface area contributed by atoms with Crippen LogP contribution in [0.5, 0.6) is 0 Å². The fourth-order valence-electron chi connectivity index (χ4n) is 2.27. The average molecular weight is 300 g/mol. The number of amides is 1. The Balaban J connectivity index is 1.76. The van der Waals surface area contributed by atoms with E-state index < -0.39 is 0 Å². The number of aliphatic hydroxyl groups is 1. The molecule has 5 heteroatoms. The van der Waals surface area contributed by atoms with Crippen LogP contribution in [0.15, 0.2) is 24.3 Å². The molecule has 1 aromatic carbocycles. The minimum atomic E-state index is 0.0311. The van der Waals surface area contributed by atoms with Crippen molar-refractivity contribution in [2.24, 2.45) is 0 Å². The van der Waals surface area contributed by atoms with E-state index >= 15 is 0 Å². The maximum atomic E-state index is 12.0. The summed E-state index contributed by atoms with van der Waals surface area (Å²) in [5.74, 6) is 1.41. The van der Waals surface area contributed by atoms with E-state index in [0.29, 0.717) is 5.75 Å². The lowest BCUT2D eigenvalue weighted by Crippen LogP contribution is -2.38. The molecule has 0 aliphatic carbocycles. The van der Waals surface area contributed by atoms with E-state index in [1.807, 2.05) is 29.2 Å². The molecule has 1 unspecified atom stereocenters. The number of halogens is 1. The summed E-state index contributed by atoms with van der Waals surface area (Å²) in [4.78, 5) is 13.8. The van der Waals surface area contributed by atoms with Gasteiger partial charge in [-0.25, -0.2) is 0 Å². The molecule has 0 radical (unpaired) electrons. The van der Waals surface area contributed by atoms with Crippen molar-refractivity contribution in [3.8, 4) is 0 Å².